The number of likely N-dealkylation sites (tertiary alicyclic amines) is 1. The normalized spacial score (nSPS) is 23.3. The predicted molar refractivity (Wildman–Crippen MR) is 96.9 cm³/mol. The third-order valence-electron chi connectivity index (χ3n) is 6.48. The Balaban J connectivity index is 1.33. The van der Waals surface area contributed by atoms with E-state index in [2.05, 4.69) is 11.0 Å². The number of rotatable bonds is 2. The van der Waals surface area contributed by atoms with E-state index in [0.717, 1.165) is 89.5 Å². The smallest absolute Gasteiger partial charge is 0.225 e. The van der Waals surface area contributed by atoms with E-state index in [4.69, 9.17) is 14.2 Å². The van der Waals surface area contributed by atoms with E-state index in [1.807, 2.05) is 0 Å². The summed E-state index contributed by atoms with van der Waals surface area (Å²) in [7, 11) is 0. The SMILES string of the molecule is O=C(C1CCOCC1)N1CCC(c2c3c(cc4c2OCC4)OCC3)CC1. The van der Waals surface area contributed by atoms with Crippen molar-refractivity contribution in [1.82, 2.24) is 4.90 Å². The maximum Gasteiger partial charge on any atom is 0.225 e. The fourth-order valence-corrected chi connectivity index (χ4v) is 5.05. The zero-order chi connectivity index (χ0) is 17.5. The number of amides is 1. The van der Waals surface area contributed by atoms with Crippen molar-refractivity contribution < 1.29 is 19.0 Å². The van der Waals surface area contributed by atoms with Gasteiger partial charge in [-0.3, -0.25) is 4.79 Å². The Morgan fingerprint density at radius 2 is 1.73 bits per heavy atom. The third kappa shape index (κ3) is 2.77. The summed E-state index contributed by atoms with van der Waals surface area (Å²) >= 11 is 0. The fraction of sp³-hybridized carbons (Fsp3) is 0.667. The summed E-state index contributed by atoms with van der Waals surface area (Å²) in [5.41, 5.74) is 4.06. The molecular formula is C21H27NO4. The van der Waals surface area contributed by atoms with Gasteiger partial charge in [-0.25, -0.2) is 0 Å². The van der Waals surface area contributed by atoms with Crippen LogP contribution in [0.3, 0.4) is 0 Å². The van der Waals surface area contributed by atoms with Crippen LogP contribution >= 0.6 is 0 Å². The molecule has 0 spiro atoms. The highest BCUT2D eigenvalue weighted by Gasteiger charge is 2.34. The van der Waals surface area contributed by atoms with E-state index in [9.17, 15) is 4.79 Å². The van der Waals surface area contributed by atoms with Crippen LogP contribution in [0.4, 0.5) is 0 Å². The van der Waals surface area contributed by atoms with E-state index in [-0.39, 0.29) is 5.92 Å². The zero-order valence-corrected chi connectivity index (χ0v) is 15.3. The van der Waals surface area contributed by atoms with E-state index in [1.165, 1.54) is 16.7 Å². The minimum atomic E-state index is 0.169. The van der Waals surface area contributed by atoms with Gasteiger partial charge in [-0.1, -0.05) is 0 Å². The van der Waals surface area contributed by atoms with Crippen LogP contribution in [0.25, 0.3) is 0 Å². The molecule has 0 aromatic heterocycles. The van der Waals surface area contributed by atoms with Gasteiger partial charge in [-0.2, -0.15) is 0 Å². The first-order chi connectivity index (χ1) is 12.8. The van der Waals surface area contributed by atoms with Crippen LogP contribution in [0.15, 0.2) is 6.07 Å². The number of piperidine rings is 1. The minimum Gasteiger partial charge on any atom is -0.493 e. The van der Waals surface area contributed by atoms with Crippen LogP contribution in [0, 0.1) is 5.92 Å². The van der Waals surface area contributed by atoms with Gasteiger partial charge < -0.3 is 19.1 Å². The Hall–Kier alpha value is -1.75. The van der Waals surface area contributed by atoms with Crippen molar-refractivity contribution in [2.24, 2.45) is 5.92 Å². The average Bonchev–Trinajstić information content (AvgIpc) is 3.35. The van der Waals surface area contributed by atoms with E-state index in [1.54, 1.807) is 0 Å². The molecule has 1 aromatic rings. The minimum absolute atomic E-state index is 0.169. The monoisotopic (exact) mass is 357 g/mol. The van der Waals surface area contributed by atoms with Crippen LogP contribution in [0.1, 0.15) is 48.3 Å². The van der Waals surface area contributed by atoms with Crippen molar-refractivity contribution in [1.29, 1.82) is 0 Å². The van der Waals surface area contributed by atoms with Crippen LogP contribution in [0.5, 0.6) is 11.5 Å². The number of ether oxygens (including phenoxy) is 3. The molecule has 5 nitrogen and oxygen atoms in total. The molecule has 26 heavy (non-hydrogen) atoms. The molecule has 5 rings (SSSR count). The molecule has 4 aliphatic heterocycles. The Labute approximate surface area is 154 Å². The van der Waals surface area contributed by atoms with Crippen LogP contribution in [0.2, 0.25) is 0 Å². The van der Waals surface area contributed by atoms with Crippen molar-refractivity contribution >= 4 is 5.91 Å². The predicted octanol–water partition coefficient (Wildman–Crippen LogP) is 2.69. The molecule has 0 aliphatic carbocycles. The van der Waals surface area contributed by atoms with Crippen LogP contribution in [-0.2, 0) is 22.4 Å². The van der Waals surface area contributed by atoms with Crippen molar-refractivity contribution in [3.05, 3.63) is 22.8 Å². The molecule has 2 saturated heterocycles. The maximum absolute atomic E-state index is 12.8. The second-order valence-corrected chi connectivity index (χ2v) is 7.94. The zero-order valence-electron chi connectivity index (χ0n) is 15.3. The summed E-state index contributed by atoms with van der Waals surface area (Å²) in [6.45, 7) is 4.75. The summed E-state index contributed by atoms with van der Waals surface area (Å²) in [5, 5.41) is 0. The highest BCUT2D eigenvalue weighted by atomic mass is 16.5. The van der Waals surface area contributed by atoms with Gasteiger partial charge in [0.1, 0.15) is 11.5 Å². The van der Waals surface area contributed by atoms with Crippen molar-refractivity contribution in [2.75, 3.05) is 39.5 Å². The Bertz CT molecular complexity index is 670. The fourth-order valence-electron chi connectivity index (χ4n) is 5.05. The second kappa shape index (κ2) is 6.76. The van der Waals surface area contributed by atoms with Gasteiger partial charge in [0.2, 0.25) is 5.91 Å². The molecule has 0 saturated carbocycles. The van der Waals surface area contributed by atoms with Crippen molar-refractivity contribution in [3.63, 3.8) is 0 Å². The number of carbonyl (C=O) groups excluding carboxylic acids is 1. The lowest BCUT2D eigenvalue weighted by Gasteiger charge is -2.36. The molecule has 5 heteroatoms. The van der Waals surface area contributed by atoms with Gasteiger partial charge in [0.15, 0.2) is 0 Å². The molecule has 0 unspecified atom stereocenters. The highest BCUT2D eigenvalue weighted by molar-refractivity contribution is 5.79. The summed E-state index contributed by atoms with van der Waals surface area (Å²) < 4.78 is 17.3. The first-order valence-electron chi connectivity index (χ1n) is 10.1. The molecule has 4 aliphatic rings. The first-order valence-corrected chi connectivity index (χ1v) is 10.1. The van der Waals surface area contributed by atoms with Gasteiger partial charge in [0.05, 0.1) is 13.2 Å². The second-order valence-electron chi connectivity index (χ2n) is 7.94. The molecule has 2 fully saturated rings. The summed E-state index contributed by atoms with van der Waals surface area (Å²) in [4.78, 5) is 14.9. The molecule has 0 bridgehead atoms. The van der Waals surface area contributed by atoms with E-state index in [0.29, 0.717) is 11.8 Å². The lowest BCUT2D eigenvalue weighted by atomic mass is 9.83. The summed E-state index contributed by atoms with van der Waals surface area (Å²) in [6, 6.07) is 2.19. The number of nitrogens with zero attached hydrogens (tertiary/aromatic N) is 1. The number of fused-ring (bicyclic) bond motifs is 2. The van der Waals surface area contributed by atoms with Crippen LogP contribution < -0.4 is 9.47 Å². The number of benzene rings is 1. The van der Waals surface area contributed by atoms with Gasteiger partial charge in [-0.05, 0) is 37.7 Å². The Kier molecular flexibility index (Phi) is 4.27. The van der Waals surface area contributed by atoms with Crippen LogP contribution in [-0.4, -0.2) is 50.3 Å². The molecule has 1 amide bonds. The Morgan fingerprint density at radius 1 is 0.962 bits per heavy atom. The molecule has 140 valence electrons. The third-order valence-corrected chi connectivity index (χ3v) is 6.48. The lowest BCUT2D eigenvalue weighted by Crippen LogP contribution is -2.42. The van der Waals surface area contributed by atoms with E-state index >= 15 is 0 Å². The average molecular weight is 357 g/mol. The molecule has 4 heterocycles. The number of hydrogen-bond acceptors (Lipinski definition) is 4. The largest absolute Gasteiger partial charge is 0.493 e. The lowest BCUT2D eigenvalue weighted by molar-refractivity contribution is -0.139. The highest BCUT2D eigenvalue weighted by Crippen LogP contribution is 2.46. The van der Waals surface area contributed by atoms with Crippen molar-refractivity contribution in [3.8, 4) is 11.5 Å². The molecule has 1 aromatic carbocycles. The number of hydrogen-bond donors (Lipinski definition) is 0. The maximum atomic E-state index is 12.8. The number of carbonyl (C=O) groups is 1. The van der Waals surface area contributed by atoms with Gasteiger partial charge in [0, 0.05) is 61.8 Å². The molecular weight excluding hydrogens is 330 g/mol. The quantitative estimate of drug-likeness (QED) is 0.817. The summed E-state index contributed by atoms with van der Waals surface area (Å²) in [5.74, 6) is 3.20. The standard InChI is InChI=1S/C21H27NO4/c23-21(15-3-9-24-10-4-15)22-7-1-14(2-8-22)19-17-6-12-25-18(17)13-16-5-11-26-20(16)19/h13-15H,1-12H2. The van der Waals surface area contributed by atoms with Gasteiger partial charge in [0.25, 0.3) is 0 Å². The first kappa shape index (κ1) is 16.4. The van der Waals surface area contributed by atoms with E-state index < -0.39 is 0 Å². The van der Waals surface area contributed by atoms with Gasteiger partial charge in [-0.15, -0.1) is 0 Å². The van der Waals surface area contributed by atoms with Crippen molar-refractivity contribution in [2.45, 2.75) is 44.4 Å². The molecule has 0 N–H and O–H groups in total. The molecule has 0 atom stereocenters. The van der Waals surface area contributed by atoms with Gasteiger partial charge >= 0.3 is 0 Å². The summed E-state index contributed by atoms with van der Waals surface area (Å²) in [6.07, 6.45) is 5.79. The molecule has 0 radical (unpaired) electrons. The Morgan fingerprint density at radius 3 is 2.54 bits per heavy atom. The topological polar surface area (TPSA) is 48.0 Å².